The third kappa shape index (κ3) is 3.49. The molecule has 148 valence electrons. The van der Waals surface area contributed by atoms with E-state index in [1.165, 1.54) is 16.8 Å². The molecular weight excluding hydrogens is 370 g/mol. The maximum Gasteiger partial charge on any atom is 0.131 e. The van der Waals surface area contributed by atoms with Crippen LogP contribution >= 0.6 is 11.6 Å². The van der Waals surface area contributed by atoms with Crippen LogP contribution < -0.4 is 5.32 Å². The average Bonchev–Trinajstić information content (AvgIpc) is 3.14. The Morgan fingerprint density at radius 1 is 1.21 bits per heavy atom. The molecule has 1 aliphatic rings. The molecule has 1 N–H and O–H groups in total. The molecule has 0 saturated carbocycles. The molecule has 4 rings (SSSR count). The summed E-state index contributed by atoms with van der Waals surface area (Å²) in [6.07, 6.45) is 4.11. The van der Waals surface area contributed by atoms with Gasteiger partial charge in [-0.2, -0.15) is 10.2 Å². The first kappa shape index (κ1) is 19.2. The van der Waals surface area contributed by atoms with E-state index in [-0.39, 0.29) is 11.5 Å². The summed E-state index contributed by atoms with van der Waals surface area (Å²) in [5.74, 6) is 0. The Balaban J connectivity index is 1.65. The molecule has 28 heavy (non-hydrogen) atoms. The second kappa shape index (κ2) is 7.05. The molecular formula is C22H28ClN5. The van der Waals surface area contributed by atoms with Gasteiger partial charge in [0.05, 0.1) is 17.6 Å². The monoisotopic (exact) mass is 397 g/mol. The molecule has 0 saturated heterocycles. The molecule has 5 nitrogen and oxygen atoms in total. The molecule has 3 aromatic rings. The van der Waals surface area contributed by atoms with Gasteiger partial charge < -0.3 is 5.32 Å². The van der Waals surface area contributed by atoms with Gasteiger partial charge in [0.1, 0.15) is 5.15 Å². The fraction of sp³-hybridized carbons (Fsp3) is 0.455. The Hall–Kier alpha value is -2.11. The summed E-state index contributed by atoms with van der Waals surface area (Å²) in [4.78, 5) is 0. The van der Waals surface area contributed by atoms with Crippen LogP contribution in [0.1, 0.15) is 54.4 Å². The highest BCUT2D eigenvalue weighted by Gasteiger charge is 2.35. The number of fused-ring (bicyclic) bond motifs is 1. The van der Waals surface area contributed by atoms with Crippen molar-refractivity contribution in [2.75, 3.05) is 0 Å². The van der Waals surface area contributed by atoms with Crippen molar-refractivity contribution in [3.05, 3.63) is 63.7 Å². The highest BCUT2D eigenvalue weighted by atomic mass is 35.5. The smallest absolute Gasteiger partial charge is 0.131 e. The zero-order valence-corrected chi connectivity index (χ0v) is 18.0. The molecule has 0 unspecified atom stereocenters. The maximum absolute atomic E-state index is 6.43. The first-order valence-electron chi connectivity index (χ1n) is 9.80. The Morgan fingerprint density at radius 3 is 2.57 bits per heavy atom. The van der Waals surface area contributed by atoms with Crippen molar-refractivity contribution in [3.8, 4) is 5.69 Å². The Kier molecular flexibility index (Phi) is 4.84. The Labute approximate surface area is 171 Å². The van der Waals surface area contributed by atoms with Crippen LogP contribution in [0.15, 0.2) is 30.5 Å². The summed E-state index contributed by atoms with van der Waals surface area (Å²) in [6, 6.07) is 8.81. The van der Waals surface area contributed by atoms with Crippen molar-refractivity contribution in [2.45, 2.75) is 53.1 Å². The summed E-state index contributed by atoms with van der Waals surface area (Å²) in [6.45, 7) is 9.48. The summed E-state index contributed by atoms with van der Waals surface area (Å²) in [5.41, 5.74) is 7.21. The highest BCUT2D eigenvalue weighted by Crippen LogP contribution is 2.41. The van der Waals surface area contributed by atoms with Crippen molar-refractivity contribution in [3.63, 3.8) is 0 Å². The van der Waals surface area contributed by atoms with Crippen molar-refractivity contribution in [1.29, 1.82) is 0 Å². The second-order valence-electron chi connectivity index (χ2n) is 8.75. The van der Waals surface area contributed by atoms with Gasteiger partial charge in [0, 0.05) is 36.5 Å². The number of hydrogen-bond donors (Lipinski definition) is 1. The molecule has 1 aliphatic carbocycles. The zero-order chi connectivity index (χ0) is 20.1. The number of halogens is 1. The summed E-state index contributed by atoms with van der Waals surface area (Å²) in [5, 5.41) is 13.6. The minimum Gasteiger partial charge on any atom is -0.306 e. The van der Waals surface area contributed by atoms with Gasteiger partial charge in [-0.3, -0.25) is 4.68 Å². The molecule has 0 spiro atoms. The third-order valence-corrected chi connectivity index (χ3v) is 6.23. The van der Waals surface area contributed by atoms with E-state index in [9.17, 15) is 0 Å². The van der Waals surface area contributed by atoms with Gasteiger partial charge in [-0.1, -0.05) is 43.1 Å². The predicted molar refractivity (Wildman–Crippen MR) is 113 cm³/mol. The zero-order valence-electron chi connectivity index (χ0n) is 17.3. The average molecular weight is 398 g/mol. The molecule has 0 fully saturated rings. The number of benzene rings is 1. The van der Waals surface area contributed by atoms with Crippen molar-refractivity contribution < 1.29 is 0 Å². The van der Waals surface area contributed by atoms with Crippen LogP contribution in [0.4, 0.5) is 0 Å². The Bertz CT molecular complexity index is 997. The SMILES string of the molecule is Cc1ccc(-n2ncc3c2CC(C)(C)C[C@H]3NCc2c(C)nn(C)c2Cl)cc1. The molecule has 1 aromatic carbocycles. The summed E-state index contributed by atoms with van der Waals surface area (Å²) < 4.78 is 3.84. The molecule has 6 heteroatoms. The summed E-state index contributed by atoms with van der Waals surface area (Å²) >= 11 is 6.43. The number of nitrogens with zero attached hydrogens (tertiary/aromatic N) is 4. The lowest BCUT2D eigenvalue weighted by Gasteiger charge is -2.36. The number of nitrogens with one attached hydrogen (secondary N) is 1. The van der Waals surface area contributed by atoms with Crippen LogP contribution in [0.3, 0.4) is 0 Å². The molecule has 1 atom stereocenters. The first-order valence-corrected chi connectivity index (χ1v) is 10.2. The van der Waals surface area contributed by atoms with Crippen LogP contribution in [0.5, 0.6) is 0 Å². The number of aryl methyl sites for hydroxylation is 3. The largest absolute Gasteiger partial charge is 0.306 e. The Morgan fingerprint density at radius 2 is 1.93 bits per heavy atom. The van der Waals surface area contributed by atoms with Crippen LogP contribution in [-0.2, 0) is 20.0 Å². The predicted octanol–water partition coefficient (Wildman–Crippen LogP) is 4.68. The third-order valence-electron chi connectivity index (χ3n) is 5.75. The lowest BCUT2D eigenvalue weighted by atomic mass is 9.74. The minimum absolute atomic E-state index is 0.195. The van der Waals surface area contributed by atoms with Gasteiger partial charge in [-0.15, -0.1) is 0 Å². The van der Waals surface area contributed by atoms with Gasteiger partial charge in [-0.25, -0.2) is 4.68 Å². The van der Waals surface area contributed by atoms with Crippen LogP contribution in [-0.4, -0.2) is 19.6 Å². The molecule has 0 radical (unpaired) electrons. The van der Waals surface area contributed by atoms with Crippen molar-refractivity contribution in [2.24, 2.45) is 12.5 Å². The van der Waals surface area contributed by atoms with E-state index >= 15 is 0 Å². The van der Waals surface area contributed by atoms with E-state index < -0.39 is 0 Å². The van der Waals surface area contributed by atoms with Gasteiger partial charge >= 0.3 is 0 Å². The summed E-state index contributed by atoms with van der Waals surface area (Å²) in [7, 11) is 1.88. The lowest BCUT2D eigenvalue weighted by Crippen LogP contribution is -2.33. The minimum atomic E-state index is 0.195. The van der Waals surface area contributed by atoms with Crippen LogP contribution in [0.25, 0.3) is 5.69 Å². The van der Waals surface area contributed by atoms with E-state index in [0.717, 1.165) is 29.8 Å². The van der Waals surface area contributed by atoms with Crippen LogP contribution in [0, 0.1) is 19.3 Å². The first-order chi connectivity index (χ1) is 13.2. The standard InChI is InChI=1S/C22H28ClN5/c1-14-6-8-16(9-7-14)28-20-11-22(3,4)10-19(18(20)13-25-28)24-12-17-15(2)26-27(5)21(17)23/h6-9,13,19,24H,10-12H2,1-5H3/t19-/m1/s1. The maximum atomic E-state index is 6.43. The number of rotatable bonds is 4. The molecule has 2 aromatic heterocycles. The lowest BCUT2D eigenvalue weighted by molar-refractivity contribution is 0.252. The fourth-order valence-corrected chi connectivity index (χ4v) is 4.47. The van der Waals surface area contributed by atoms with Gasteiger partial charge in [0.25, 0.3) is 0 Å². The number of hydrogen-bond acceptors (Lipinski definition) is 3. The van der Waals surface area contributed by atoms with E-state index in [0.29, 0.717) is 11.7 Å². The van der Waals surface area contributed by atoms with E-state index in [1.807, 2.05) is 20.2 Å². The second-order valence-corrected chi connectivity index (χ2v) is 9.11. The highest BCUT2D eigenvalue weighted by molar-refractivity contribution is 6.30. The normalized spacial score (nSPS) is 18.3. The van der Waals surface area contributed by atoms with Crippen molar-refractivity contribution >= 4 is 11.6 Å². The number of aromatic nitrogens is 4. The van der Waals surface area contributed by atoms with E-state index in [4.69, 9.17) is 16.7 Å². The van der Waals surface area contributed by atoms with Gasteiger partial charge in [0.15, 0.2) is 0 Å². The van der Waals surface area contributed by atoms with Crippen molar-refractivity contribution in [1.82, 2.24) is 24.9 Å². The fourth-order valence-electron chi connectivity index (χ4n) is 4.23. The van der Waals surface area contributed by atoms with E-state index in [2.05, 4.69) is 60.1 Å². The topological polar surface area (TPSA) is 47.7 Å². The molecule has 0 amide bonds. The van der Waals surface area contributed by atoms with Gasteiger partial charge in [0.2, 0.25) is 0 Å². The van der Waals surface area contributed by atoms with Gasteiger partial charge in [-0.05, 0) is 44.2 Å². The van der Waals surface area contributed by atoms with E-state index in [1.54, 1.807) is 4.68 Å². The molecule has 2 heterocycles. The quantitative estimate of drug-likeness (QED) is 0.695. The molecule has 0 aliphatic heterocycles. The van der Waals surface area contributed by atoms with Crippen LogP contribution in [0.2, 0.25) is 5.15 Å². The molecule has 0 bridgehead atoms.